The summed E-state index contributed by atoms with van der Waals surface area (Å²) in [5.74, 6) is 0.324. The van der Waals surface area contributed by atoms with Crippen LogP contribution in [0.3, 0.4) is 0 Å². The molecule has 1 N–H and O–H groups in total. The van der Waals surface area contributed by atoms with Crippen molar-refractivity contribution in [3.8, 4) is 5.75 Å². The van der Waals surface area contributed by atoms with Crippen molar-refractivity contribution in [1.82, 2.24) is 0 Å². The Hall–Kier alpha value is -0.250. The number of benzene rings is 1. The number of halogens is 1. The Balaban J connectivity index is 3.03. The molecule has 0 heterocycles. The van der Waals surface area contributed by atoms with Crippen LogP contribution >= 0.6 is 22.6 Å². The molecule has 0 aliphatic heterocycles. The lowest BCUT2D eigenvalue weighted by molar-refractivity contribution is 0.475. The number of phenolic OH excluding ortho intramolecular Hbond substituents is 1. The van der Waals surface area contributed by atoms with Gasteiger partial charge in [-0.1, -0.05) is 0 Å². The topological polar surface area (TPSA) is 20.2 Å². The normalized spacial score (nSPS) is 9.12. The molecule has 2 heteroatoms. The van der Waals surface area contributed by atoms with Gasteiger partial charge in [0.1, 0.15) is 5.75 Å². The van der Waals surface area contributed by atoms with E-state index in [2.05, 4.69) is 22.6 Å². The molecule has 0 amide bonds. The summed E-state index contributed by atoms with van der Waals surface area (Å²) in [6, 6.07) is 7.05. The first-order chi connectivity index (χ1) is 3.79. The standard InChI is InChI=1S/C6H5IO/c7-5-1-3-6(8)4-2-5/h1-4,8H/i7+4. The molecule has 1 rings (SSSR count). The Morgan fingerprint density at radius 2 is 1.62 bits per heavy atom. The molecule has 8 heavy (non-hydrogen) atoms. The first-order valence-electron chi connectivity index (χ1n) is 2.23. The molecule has 42 valence electrons. The second kappa shape index (κ2) is 2.35. The Labute approximate surface area is 61.5 Å². The van der Waals surface area contributed by atoms with Crippen LogP contribution in [0.5, 0.6) is 5.75 Å². The number of rotatable bonds is 0. The minimum atomic E-state index is 0.324. The Bertz CT molecular complexity index is 147. The SMILES string of the molecule is Oc1ccc([131I])cc1. The van der Waals surface area contributed by atoms with Gasteiger partial charge in [0.25, 0.3) is 0 Å². The van der Waals surface area contributed by atoms with Gasteiger partial charge < -0.3 is 5.11 Å². The zero-order valence-electron chi connectivity index (χ0n) is 4.13. The Morgan fingerprint density at radius 3 is 2.00 bits per heavy atom. The summed E-state index contributed by atoms with van der Waals surface area (Å²) in [7, 11) is 0. The highest BCUT2D eigenvalue weighted by Crippen LogP contribution is 2.10. The third-order valence-electron chi connectivity index (χ3n) is 0.827. The van der Waals surface area contributed by atoms with Crippen molar-refractivity contribution >= 4 is 22.6 Å². The highest BCUT2D eigenvalue weighted by atomic mass is 131. The molecule has 1 aromatic rings. The molecule has 0 aliphatic carbocycles. The number of phenols is 1. The van der Waals surface area contributed by atoms with E-state index in [1.807, 2.05) is 12.1 Å². The lowest BCUT2D eigenvalue weighted by Gasteiger charge is -1.87. The van der Waals surface area contributed by atoms with Crippen molar-refractivity contribution in [3.63, 3.8) is 0 Å². The minimum absolute atomic E-state index is 0.324. The van der Waals surface area contributed by atoms with Gasteiger partial charge in [0, 0.05) is 3.57 Å². The zero-order valence-corrected chi connectivity index (χ0v) is 6.29. The van der Waals surface area contributed by atoms with Crippen LogP contribution < -0.4 is 0 Å². The minimum Gasteiger partial charge on any atom is -0.508 e. The third-order valence-corrected chi connectivity index (χ3v) is 1.55. The molecule has 0 bridgehead atoms. The molecule has 0 fully saturated rings. The Kier molecular flexibility index (Phi) is 1.73. The summed E-state index contributed by atoms with van der Waals surface area (Å²) < 4.78 is 1.14. The summed E-state index contributed by atoms with van der Waals surface area (Å²) >= 11 is 2.19. The fourth-order valence-corrected chi connectivity index (χ4v) is 0.801. The quantitative estimate of drug-likeness (QED) is 0.668. The highest BCUT2D eigenvalue weighted by Gasteiger charge is 1.83. The van der Waals surface area contributed by atoms with Gasteiger partial charge in [-0.15, -0.1) is 0 Å². The molecule has 0 radical (unpaired) electrons. The van der Waals surface area contributed by atoms with Crippen molar-refractivity contribution in [3.05, 3.63) is 27.8 Å². The van der Waals surface area contributed by atoms with Crippen LogP contribution in [0.1, 0.15) is 0 Å². The van der Waals surface area contributed by atoms with Crippen LogP contribution in [0.4, 0.5) is 0 Å². The van der Waals surface area contributed by atoms with Gasteiger partial charge in [-0.05, 0) is 46.9 Å². The molecule has 0 aliphatic rings. The molecular formula is C6H5IO. The molecular weight excluding hydrogens is 219 g/mol. The number of hydrogen-bond donors (Lipinski definition) is 1. The largest absolute Gasteiger partial charge is 0.508 e. The zero-order chi connectivity index (χ0) is 5.98. The van der Waals surface area contributed by atoms with E-state index >= 15 is 0 Å². The van der Waals surface area contributed by atoms with Gasteiger partial charge in [0.05, 0.1) is 0 Å². The Morgan fingerprint density at radius 1 is 1.12 bits per heavy atom. The maximum absolute atomic E-state index is 8.75. The second-order valence-electron chi connectivity index (χ2n) is 1.48. The van der Waals surface area contributed by atoms with E-state index in [-0.39, 0.29) is 0 Å². The summed E-state index contributed by atoms with van der Waals surface area (Å²) in [5.41, 5.74) is 0. The van der Waals surface area contributed by atoms with Gasteiger partial charge in [0.2, 0.25) is 0 Å². The average molecular weight is 224 g/mol. The van der Waals surface area contributed by atoms with E-state index in [9.17, 15) is 0 Å². The van der Waals surface area contributed by atoms with E-state index < -0.39 is 0 Å². The molecule has 0 spiro atoms. The number of aromatic hydroxyl groups is 1. The van der Waals surface area contributed by atoms with Crippen molar-refractivity contribution in [2.75, 3.05) is 0 Å². The van der Waals surface area contributed by atoms with Gasteiger partial charge in [-0.25, -0.2) is 0 Å². The van der Waals surface area contributed by atoms with E-state index in [0.29, 0.717) is 5.75 Å². The van der Waals surface area contributed by atoms with Crippen LogP contribution in [0.2, 0.25) is 0 Å². The summed E-state index contributed by atoms with van der Waals surface area (Å²) in [5, 5.41) is 8.75. The average Bonchev–Trinajstić information content (AvgIpc) is 1.77. The highest BCUT2D eigenvalue weighted by molar-refractivity contribution is 14.1. The fraction of sp³-hybridized carbons (Fsp3) is 0. The molecule has 1 nitrogen and oxygen atoms in total. The van der Waals surface area contributed by atoms with Crippen molar-refractivity contribution in [2.45, 2.75) is 0 Å². The predicted octanol–water partition coefficient (Wildman–Crippen LogP) is 2.00. The third kappa shape index (κ3) is 1.36. The maximum Gasteiger partial charge on any atom is 0.115 e. The van der Waals surface area contributed by atoms with Crippen LogP contribution in [-0.4, -0.2) is 5.11 Å². The van der Waals surface area contributed by atoms with Crippen molar-refractivity contribution in [2.24, 2.45) is 0 Å². The van der Waals surface area contributed by atoms with Gasteiger partial charge in [-0.2, -0.15) is 0 Å². The van der Waals surface area contributed by atoms with Crippen LogP contribution in [0.25, 0.3) is 0 Å². The summed E-state index contributed by atoms with van der Waals surface area (Å²) in [6.45, 7) is 0. The summed E-state index contributed by atoms with van der Waals surface area (Å²) in [4.78, 5) is 0. The van der Waals surface area contributed by atoms with Crippen LogP contribution in [0, 0.1) is 3.57 Å². The lowest BCUT2D eigenvalue weighted by atomic mass is 10.3. The van der Waals surface area contributed by atoms with E-state index in [4.69, 9.17) is 5.11 Å². The number of hydrogen-bond acceptors (Lipinski definition) is 1. The van der Waals surface area contributed by atoms with Gasteiger partial charge in [0.15, 0.2) is 0 Å². The van der Waals surface area contributed by atoms with Crippen LogP contribution in [0.15, 0.2) is 24.3 Å². The second-order valence-corrected chi connectivity index (χ2v) is 2.72. The molecule has 1 aromatic carbocycles. The molecule has 0 atom stereocenters. The van der Waals surface area contributed by atoms with E-state index in [1.54, 1.807) is 12.1 Å². The summed E-state index contributed by atoms with van der Waals surface area (Å²) in [6.07, 6.45) is 0. The van der Waals surface area contributed by atoms with E-state index in [0.717, 1.165) is 3.57 Å². The predicted molar refractivity (Wildman–Crippen MR) is 40.8 cm³/mol. The first-order valence-corrected chi connectivity index (χ1v) is 3.31. The van der Waals surface area contributed by atoms with Crippen LogP contribution in [-0.2, 0) is 0 Å². The molecule has 0 unspecified atom stereocenters. The van der Waals surface area contributed by atoms with Crippen molar-refractivity contribution < 1.29 is 5.11 Å². The van der Waals surface area contributed by atoms with Gasteiger partial charge >= 0.3 is 0 Å². The van der Waals surface area contributed by atoms with Gasteiger partial charge in [-0.3, -0.25) is 0 Å². The smallest absolute Gasteiger partial charge is 0.115 e. The fourth-order valence-electron chi connectivity index (χ4n) is 0.441. The first kappa shape index (κ1) is 5.88. The lowest BCUT2D eigenvalue weighted by Crippen LogP contribution is -1.65. The van der Waals surface area contributed by atoms with E-state index in [1.165, 1.54) is 0 Å². The molecule has 0 aromatic heterocycles. The maximum atomic E-state index is 8.75. The van der Waals surface area contributed by atoms with Crippen molar-refractivity contribution in [1.29, 1.82) is 0 Å². The molecule has 0 saturated heterocycles. The molecule has 0 saturated carbocycles. The monoisotopic (exact) mass is 224 g/mol.